The van der Waals surface area contributed by atoms with Crippen molar-refractivity contribution in [1.29, 1.82) is 0 Å². The summed E-state index contributed by atoms with van der Waals surface area (Å²) in [5.74, 6) is 0. The first-order valence-electron chi connectivity index (χ1n) is 11.3. The predicted molar refractivity (Wildman–Crippen MR) is 145 cm³/mol. The van der Waals surface area contributed by atoms with E-state index in [1.165, 1.54) is 0 Å². The monoisotopic (exact) mass is 440 g/mol. The van der Waals surface area contributed by atoms with Gasteiger partial charge in [-0.1, -0.05) is 60.7 Å². The average molecular weight is 441 g/mol. The lowest BCUT2D eigenvalue weighted by molar-refractivity contribution is 1.44. The first kappa shape index (κ1) is 21.4. The normalized spacial score (nSPS) is 10.6. The van der Waals surface area contributed by atoms with E-state index in [1.807, 2.05) is 49.4 Å². The molecule has 5 aromatic rings. The van der Waals surface area contributed by atoms with Crippen LogP contribution in [0.4, 0.5) is 28.4 Å². The first-order valence-corrected chi connectivity index (χ1v) is 11.3. The highest BCUT2D eigenvalue weighted by Crippen LogP contribution is 2.34. The topological polar surface area (TPSA) is 50.1 Å². The standard InChI is InChI=1S/C31H26N3/c1-22-30(24-14-18-29(19-15-24)34-27-10-6-3-7-11-27)20-25(21-31(22)32)23-12-16-28(17-13-23)33-26-8-4-2-5-9-26/h2-19,21,33-34H,32H2,1H3. The predicted octanol–water partition coefficient (Wildman–Crippen LogP) is 8.20. The van der Waals surface area contributed by atoms with Crippen LogP contribution >= 0.6 is 0 Å². The maximum Gasteiger partial charge on any atom is 0.0384 e. The van der Waals surface area contributed by atoms with Crippen LogP contribution in [-0.4, -0.2) is 0 Å². The van der Waals surface area contributed by atoms with Crippen molar-refractivity contribution >= 4 is 28.4 Å². The minimum Gasteiger partial charge on any atom is -0.398 e. The van der Waals surface area contributed by atoms with E-state index in [1.54, 1.807) is 0 Å². The summed E-state index contributed by atoms with van der Waals surface area (Å²) < 4.78 is 0. The Hall–Kier alpha value is -4.50. The second kappa shape index (κ2) is 9.55. The molecule has 0 bridgehead atoms. The minimum atomic E-state index is 0.765. The fourth-order valence-corrected chi connectivity index (χ4v) is 3.95. The van der Waals surface area contributed by atoms with Gasteiger partial charge in [0.25, 0.3) is 0 Å². The number of anilines is 5. The van der Waals surface area contributed by atoms with Crippen molar-refractivity contribution in [3.8, 4) is 22.3 Å². The molecule has 165 valence electrons. The van der Waals surface area contributed by atoms with Gasteiger partial charge in [-0.05, 0) is 95.4 Å². The molecule has 0 aromatic heterocycles. The molecule has 5 aromatic carbocycles. The highest BCUT2D eigenvalue weighted by Gasteiger charge is 2.10. The maximum absolute atomic E-state index is 6.42. The van der Waals surface area contributed by atoms with E-state index in [4.69, 9.17) is 5.73 Å². The van der Waals surface area contributed by atoms with Crippen LogP contribution < -0.4 is 16.4 Å². The molecule has 3 heteroatoms. The van der Waals surface area contributed by atoms with Crippen molar-refractivity contribution < 1.29 is 0 Å². The van der Waals surface area contributed by atoms with Gasteiger partial charge in [-0.3, -0.25) is 0 Å². The van der Waals surface area contributed by atoms with Gasteiger partial charge in [0.2, 0.25) is 0 Å². The molecular weight excluding hydrogens is 414 g/mol. The fraction of sp³-hybridized carbons (Fsp3) is 0.0323. The van der Waals surface area contributed by atoms with Gasteiger partial charge in [0.15, 0.2) is 0 Å². The largest absolute Gasteiger partial charge is 0.398 e. The average Bonchev–Trinajstić information content (AvgIpc) is 2.88. The van der Waals surface area contributed by atoms with Crippen molar-refractivity contribution in [1.82, 2.24) is 0 Å². The SMILES string of the molecule is Cc1c(-c2ccc(Nc3ccccc3)cc2)[c]c(-c2ccc(Nc3ccccc3)cc2)cc1N. The molecule has 34 heavy (non-hydrogen) atoms. The quantitative estimate of drug-likeness (QED) is 0.233. The molecule has 0 amide bonds. The van der Waals surface area contributed by atoms with Crippen LogP contribution in [0.3, 0.4) is 0 Å². The van der Waals surface area contributed by atoms with Crippen molar-refractivity contribution in [3.05, 3.63) is 127 Å². The minimum absolute atomic E-state index is 0.765. The summed E-state index contributed by atoms with van der Waals surface area (Å²) in [4.78, 5) is 0. The number of nitrogens with one attached hydrogen (secondary N) is 2. The van der Waals surface area contributed by atoms with Crippen LogP contribution in [0.2, 0.25) is 0 Å². The maximum atomic E-state index is 6.42. The number of hydrogen-bond donors (Lipinski definition) is 3. The van der Waals surface area contributed by atoms with Gasteiger partial charge in [-0.25, -0.2) is 0 Å². The van der Waals surface area contributed by atoms with Crippen LogP contribution in [0, 0.1) is 13.0 Å². The lowest BCUT2D eigenvalue weighted by atomic mass is 9.93. The summed E-state index contributed by atoms with van der Waals surface area (Å²) in [6.07, 6.45) is 0. The Morgan fingerprint density at radius 2 is 1.00 bits per heavy atom. The second-order valence-corrected chi connectivity index (χ2v) is 8.28. The highest BCUT2D eigenvalue weighted by molar-refractivity contribution is 5.81. The molecule has 0 aliphatic carbocycles. The summed E-state index contributed by atoms with van der Waals surface area (Å²) in [6, 6.07) is 42.7. The van der Waals surface area contributed by atoms with Crippen LogP contribution in [0.1, 0.15) is 5.56 Å². The van der Waals surface area contributed by atoms with E-state index in [2.05, 4.69) is 89.5 Å². The molecular formula is C31H26N3. The van der Waals surface area contributed by atoms with Gasteiger partial charge in [0.1, 0.15) is 0 Å². The second-order valence-electron chi connectivity index (χ2n) is 8.28. The number of rotatable bonds is 6. The molecule has 0 saturated heterocycles. The van der Waals surface area contributed by atoms with E-state index in [9.17, 15) is 0 Å². The zero-order valence-corrected chi connectivity index (χ0v) is 19.0. The van der Waals surface area contributed by atoms with E-state index in [0.717, 1.165) is 56.3 Å². The highest BCUT2D eigenvalue weighted by atomic mass is 14.9. The molecule has 0 aliphatic heterocycles. The van der Waals surface area contributed by atoms with Crippen LogP contribution in [0.25, 0.3) is 22.3 Å². The molecule has 3 nitrogen and oxygen atoms in total. The van der Waals surface area contributed by atoms with E-state index < -0.39 is 0 Å². The van der Waals surface area contributed by atoms with Crippen LogP contribution in [-0.2, 0) is 0 Å². The molecule has 0 saturated carbocycles. The van der Waals surface area contributed by atoms with Crippen LogP contribution in [0.5, 0.6) is 0 Å². The van der Waals surface area contributed by atoms with E-state index in [-0.39, 0.29) is 0 Å². The van der Waals surface area contributed by atoms with Gasteiger partial charge in [-0.2, -0.15) is 0 Å². The van der Waals surface area contributed by atoms with Gasteiger partial charge in [0.05, 0.1) is 0 Å². The Morgan fingerprint density at radius 3 is 1.50 bits per heavy atom. The Labute approximate surface area is 200 Å². The third-order valence-electron chi connectivity index (χ3n) is 5.86. The summed E-state index contributed by atoms with van der Waals surface area (Å²) in [7, 11) is 0. The molecule has 0 unspecified atom stereocenters. The summed E-state index contributed by atoms with van der Waals surface area (Å²) >= 11 is 0. The molecule has 0 atom stereocenters. The lowest BCUT2D eigenvalue weighted by Gasteiger charge is -2.14. The molecule has 0 fully saturated rings. The number of nitrogen functional groups attached to an aromatic ring is 1. The number of nitrogens with two attached hydrogens (primary N) is 1. The Balaban J connectivity index is 1.39. The van der Waals surface area contributed by atoms with Gasteiger partial charge < -0.3 is 16.4 Å². The molecule has 0 aliphatic rings. The van der Waals surface area contributed by atoms with Crippen molar-refractivity contribution in [3.63, 3.8) is 0 Å². The van der Waals surface area contributed by atoms with Crippen molar-refractivity contribution in [2.24, 2.45) is 0 Å². The zero-order chi connectivity index (χ0) is 23.3. The van der Waals surface area contributed by atoms with Gasteiger partial charge in [0, 0.05) is 28.4 Å². The Morgan fingerprint density at radius 1 is 0.559 bits per heavy atom. The number of benzene rings is 5. The van der Waals surface area contributed by atoms with E-state index in [0.29, 0.717) is 0 Å². The number of hydrogen-bond acceptors (Lipinski definition) is 3. The van der Waals surface area contributed by atoms with E-state index >= 15 is 0 Å². The van der Waals surface area contributed by atoms with Crippen molar-refractivity contribution in [2.75, 3.05) is 16.4 Å². The summed E-state index contributed by atoms with van der Waals surface area (Å²) in [5, 5.41) is 6.85. The smallest absolute Gasteiger partial charge is 0.0384 e. The number of para-hydroxylation sites is 2. The third kappa shape index (κ3) is 4.79. The zero-order valence-electron chi connectivity index (χ0n) is 19.0. The van der Waals surface area contributed by atoms with Crippen molar-refractivity contribution in [2.45, 2.75) is 6.92 Å². The third-order valence-corrected chi connectivity index (χ3v) is 5.86. The first-order chi connectivity index (χ1) is 16.7. The van der Waals surface area contributed by atoms with Gasteiger partial charge >= 0.3 is 0 Å². The molecule has 1 radical (unpaired) electrons. The summed E-state index contributed by atoms with van der Waals surface area (Å²) in [6.45, 7) is 2.05. The Kier molecular flexibility index (Phi) is 6.00. The van der Waals surface area contributed by atoms with Crippen LogP contribution in [0.15, 0.2) is 115 Å². The molecule has 0 heterocycles. The molecule has 0 spiro atoms. The summed E-state index contributed by atoms with van der Waals surface area (Å²) in [5.41, 5.74) is 16.6. The van der Waals surface area contributed by atoms with Gasteiger partial charge in [-0.15, -0.1) is 0 Å². The molecule has 5 rings (SSSR count). The lowest BCUT2D eigenvalue weighted by Crippen LogP contribution is -1.96. The molecule has 4 N–H and O–H groups in total. The Bertz CT molecular complexity index is 1380. The fourth-order valence-electron chi connectivity index (χ4n) is 3.95.